The molecule has 0 unspecified atom stereocenters. The molecule has 0 amide bonds. The number of rotatable bonds is 0. The van der Waals surface area contributed by atoms with Crippen LogP contribution in [0, 0.1) is 27.9 Å². The Labute approximate surface area is 121 Å². The number of halogens is 2. The van der Waals surface area contributed by atoms with Crippen LogP contribution in [0.25, 0.3) is 11.1 Å². The van der Waals surface area contributed by atoms with Gasteiger partial charge in [0.2, 0.25) is 7.14 Å². The highest BCUT2D eigenvalue weighted by Gasteiger charge is 2.37. The van der Waals surface area contributed by atoms with Crippen LogP contribution in [-0.2, 0) is 0 Å². The van der Waals surface area contributed by atoms with E-state index in [2.05, 4.69) is 61.0 Å². The molecule has 1 heterocycles. The molecular weight excluding hydrogens is 387 g/mol. The fourth-order valence-corrected chi connectivity index (χ4v) is 6.47. The summed E-state index contributed by atoms with van der Waals surface area (Å²) in [4.78, 5) is 0. The van der Waals surface area contributed by atoms with Crippen LogP contribution in [0.5, 0.6) is 0 Å². The van der Waals surface area contributed by atoms with E-state index in [9.17, 15) is 0 Å². The van der Waals surface area contributed by atoms with Crippen LogP contribution in [0.1, 0.15) is 16.7 Å². The van der Waals surface area contributed by atoms with Crippen LogP contribution in [-0.4, -0.2) is 0 Å². The quantitative estimate of drug-likeness (QED) is 0.502. The summed E-state index contributed by atoms with van der Waals surface area (Å²) in [7, 11) is 0. The lowest BCUT2D eigenvalue weighted by Gasteiger charge is -2.01. The second-order valence-corrected chi connectivity index (χ2v) is 8.20. The monoisotopic (exact) mass is 399 g/mol. The van der Waals surface area contributed by atoms with E-state index in [1.165, 1.54) is 32.3 Å². The number of hydrogen-bond acceptors (Lipinski definition) is 0. The number of fused-ring (bicyclic) bond motifs is 3. The maximum atomic E-state index is 3.73. The van der Waals surface area contributed by atoms with Crippen LogP contribution >= 0.6 is 15.9 Å². The lowest BCUT2D eigenvalue weighted by atomic mass is 9.99. The third-order valence-corrected chi connectivity index (χ3v) is 8.09. The van der Waals surface area contributed by atoms with Crippen LogP contribution in [0.3, 0.4) is 0 Å². The third-order valence-electron chi connectivity index (χ3n) is 3.05. The molecule has 0 nitrogen and oxygen atoms in total. The Balaban J connectivity index is 2.34. The van der Waals surface area contributed by atoms with E-state index in [1.54, 1.807) is 7.14 Å². The maximum absolute atomic E-state index is 3.73. The van der Waals surface area contributed by atoms with E-state index in [4.69, 9.17) is 0 Å². The minimum absolute atomic E-state index is 0.0131. The van der Waals surface area contributed by atoms with E-state index in [1.807, 2.05) is 0 Å². The van der Waals surface area contributed by atoms with E-state index in [0.29, 0.717) is 0 Å². The Morgan fingerprint density at radius 2 is 1.41 bits per heavy atom. The van der Waals surface area contributed by atoms with Crippen molar-refractivity contribution in [2.75, 3.05) is 0 Å². The third kappa shape index (κ3) is 1.85. The molecule has 1 aliphatic heterocycles. The second kappa shape index (κ2) is 4.09. The van der Waals surface area contributed by atoms with Gasteiger partial charge >= 0.3 is 21.2 Å². The highest BCUT2D eigenvalue weighted by Crippen LogP contribution is 2.30. The summed E-state index contributed by atoms with van der Waals surface area (Å²) in [6, 6.07) is 9.24. The first kappa shape index (κ1) is 11.7. The molecule has 0 saturated heterocycles. The smallest absolute Gasteiger partial charge is 0.0518 e. The Kier molecular flexibility index (Phi) is 2.82. The van der Waals surface area contributed by atoms with Gasteiger partial charge < -0.3 is 0 Å². The average molecular weight is 400 g/mol. The molecular formula is C15H13BrI+. The number of aryl methyl sites for hydroxylation is 3. The number of hydrogen-bond donors (Lipinski definition) is 0. The van der Waals surface area contributed by atoms with Gasteiger partial charge in [0.15, 0.2) is 0 Å². The Morgan fingerprint density at radius 1 is 0.824 bits per heavy atom. The molecule has 2 aromatic carbocycles. The first-order chi connectivity index (χ1) is 8.06. The van der Waals surface area contributed by atoms with Crippen molar-refractivity contribution in [1.82, 2.24) is 0 Å². The first-order valence-electron chi connectivity index (χ1n) is 5.63. The van der Waals surface area contributed by atoms with Crippen molar-refractivity contribution in [2.24, 2.45) is 0 Å². The van der Waals surface area contributed by atoms with Crippen LogP contribution in [0.15, 0.2) is 28.7 Å². The van der Waals surface area contributed by atoms with Gasteiger partial charge in [0.05, 0.1) is 4.47 Å². The van der Waals surface area contributed by atoms with Crippen molar-refractivity contribution in [3.63, 3.8) is 0 Å². The second-order valence-electron chi connectivity index (χ2n) is 4.65. The molecule has 2 aromatic rings. The van der Waals surface area contributed by atoms with Crippen molar-refractivity contribution in [2.45, 2.75) is 20.8 Å². The topological polar surface area (TPSA) is 0 Å². The fraction of sp³-hybridized carbons (Fsp3) is 0.200. The molecule has 1 aliphatic rings. The molecule has 0 radical (unpaired) electrons. The molecule has 3 rings (SSSR count). The van der Waals surface area contributed by atoms with E-state index in [0.717, 1.165) is 0 Å². The van der Waals surface area contributed by atoms with Crippen LogP contribution in [0.4, 0.5) is 0 Å². The summed E-state index contributed by atoms with van der Waals surface area (Å²) >= 11 is 3.71. The molecule has 0 saturated carbocycles. The van der Waals surface area contributed by atoms with Gasteiger partial charge in [0.25, 0.3) is 0 Å². The average Bonchev–Trinajstić information content (AvgIpc) is 2.58. The van der Waals surface area contributed by atoms with Crippen molar-refractivity contribution in [1.29, 1.82) is 0 Å². The van der Waals surface area contributed by atoms with Gasteiger partial charge in [-0.2, -0.15) is 0 Å². The van der Waals surface area contributed by atoms with Crippen LogP contribution in [0.2, 0.25) is 0 Å². The zero-order chi connectivity index (χ0) is 12.2. The maximum Gasteiger partial charge on any atom is 0.360 e. The largest absolute Gasteiger partial charge is 0.360 e. The van der Waals surface area contributed by atoms with Crippen molar-refractivity contribution in [3.05, 3.63) is 52.6 Å². The SMILES string of the molecule is Cc1cc(C)c2c(c1)-c1cc(C)cc(Br)c1[I+]2. The first-order valence-corrected chi connectivity index (χ1v) is 8.58. The van der Waals surface area contributed by atoms with Gasteiger partial charge in [-0.05, 0) is 66.0 Å². The minimum atomic E-state index is -0.0131. The highest BCUT2D eigenvalue weighted by molar-refractivity contribution is 9.10. The summed E-state index contributed by atoms with van der Waals surface area (Å²) < 4.78 is 4.46. The van der Waals surface area contributed by atoms with E-state index < -0.39 is 0 Å². The summed E-state index contributed by atoms with van der Waals surface area (Å²) in [6.45, 7) is 6.61. The van der Waals surface area contributed by atoms with Gasteiger partial charge in [-0.1, -0.05) is 6.07 Å². The van der Waals surface area contributed by atoms with Crippen molar-refractivity contribution < 1.29 is 21.2 Å². The van der Waals surface area contributed by atoms with Gasteiger partial charge in [0, 0.05) is 16.7 Å². The lowest BCUT2D eigenvalue weighted by molar-refractivity contribution is -0.591. The molecule has 0 bridgehead atoms. The minimum Gasteiger partial charge on any atom is -0.0518 e. The summed E-state index contributed by atoms with van der Waals surface area (Å²) in [5.74, 6) is 0. The molecule has 0 aliphatic carbocycles. The highest BCUT2D eigenvalue weighted by atomic mass is 127. The normalized spacial score (nSPS) is 12.5. The van der Waals surface area contributed by atoms with Gasteiger partial charge in [-0.3, -0.25) is 0 Å². The molecule has 0 fully saturated rings. The summed E-state index contributed by atoms with van der Waals surface area (Å²) in [5, 5.41) is 0. The summed E-state index contributed by atoms with van der Waals surface area (Å²) in [6.07, 6.45) is 0. The van der Waals surface area contributed by atoms with Crippen LogP contribution < -0.4 is 21.2 Å². The Bertz CT molecular complexity index is 574. The van der Waals surface area contributed by atoms with E-state index >= 15 is 0 Å². The predicted molar refractivity (Wildman–Crippen MR) is 71.2 cm³/mol. The van der Waals surface area contributed by atoms with Gasteiger partial charge in [-0.15, -0.1) is 0 Å². The molecule has 0 spiro atoms. The molecule has 2 heteroatoms. The zero-order valence-electron chi connectivity index (χ0n) is 10.1. The van der Waals surface area contributed by atoms with Crippen molar-refractivity contribution >= 4 is 15.9 Å². The molecule has 0 N–H and O–H groups in total. The molecule has 17 heavy (non-hydrogen) atoms. The summed E-state index contributed by atoms with van der Waals surface area (Å²) in [5.41, 5.74) is 7.12. The van der Waals surface area contributed by atoms with Gasteiger partial charge in [0.1, 0.15) is 0 Å². The predicted octanol–water partition coefficient (Wildman–Crippen LogP) is 1.48. The zero-order valence-corrected chi connectivity index (χ0v) is 13.8. The Morgan fingerprint density at radius 3 is 2.12 bits per heavy atom. The molecule has 0 atom stereocenters. The molecule has 86 valence electrons. The molecule has 0 aromatic heterocycles. The lowest BCUT2D eigenvalue weighted by Crippen LogP contribution is -3.61. The standard InChI is InChI=1S/C15H13BrI/c1-8-4-10(3)14-11(5-8)12-6-9(2)7-13(16)15(12)17-14/h4-7H,1-3H3/q+1. The number of benzene rings is 2. The van der Waals surface area contributed by atoms with E-state index in [-0.39, 0.29) is 21.2 Å². The fourth-order valence-electron chi connectivity index (χ4n) is 2.38. The van der Waals surface area contributed by atoms with Crippen molar-refractivity contribution in [3.8, 4) is 11.1 Å². The Hall–Kier alpha value is -0.350. The van der Waals surface area contributed by atoms with Gasteiger partial charge in [-0.25, -0.2) is 0 Å².